The zero-order chi connectivity index (χ0) is 14.7. The monoisotopic (exact) mass is 283 g/mol. The SMILES string of the molecule is CN(C)CC1CCCN1C(=O)N1CCC(CC(=O)O)C1. The van der Waals surface area contributed by atoms with E-state index in [-0.39, 0.29) is 18.4 Å². The summed E-state index contributed by atoms with van der Waals surface area (Å²) in [5, 5.41) is 8.83. The van der Waals surface area contributed by atoms with Crippen molar-refractivity contribution in [1.82, 2.24) is 14.7 Å². The van der Waals surface area contributed by atoms with Crippen LogP contribution in [0.15, 0.2) is 0 Å². The van der Waals surface area contributed by atoms with Gasteiger partial charge in [-0.25, -0.2) is 4.79 Å². The van der Waals surface area contributed by atoms with Gasteiger partial charge in [0.25, 0.3) is 0 Å². The Morgan fingerprint density at radius 3 is 2.65 bits per heavy atom. The number of hydrogen-bond acceptors (Lipinski definition) is 3. The van der Waals surface area contributed by atoms with Crippen LogP contribution in [0.4, 0.5) is 4.79 Å². The molecular formula is C14H25N3O3. The molecule has 2 unspecified atom stereocenters. The van der Waals surface area contributed by atoms with Crippen LogP contribution in [0.5, 0.6) is 0 Å². The summed E-state index contributed by atoms with van der Waals surface area (Å²) >= 11 is 0. The first kappa shape index (κ1) is 15.1. The van der Waals surface area contributed by atoms with E-state index in [4.69, 9.17) is 5.11 Å². The van der Waals surface area contributed by atoms with Crippen LogP contribution in [0.3, 0.4) is 0 Å². The smallest absolute Gasteiger partial charge is 0.320 e. The van der Waals surface area contributed by atoms with Crippen molar-refractivity contribution < 1.29 is 14.7 Å². The molecule has 2 saturated heterocycles. The lowest BCUT2D eigenvalue weighted by Gasteiger charge is -2.31. The van der Waals surface area contributed by atoms with E-state index < -0.39 is 5.97 Å². The maximum atomic E-state index is 12.6. The minimum atomic E-state index is -0.768. The fraction of sp³-hybridized carbons (Fsp3) is 0.857. The highest BCUT2D eigenvalue weighted by Gasteiger charge is 2.35. The summed E-state index contributed by atoms with van der Waals surface area (Å²) in [4.78, 5) is 29.2. The van der Waals surface area contributed by atoms with Gasteiger partial charge in [-0.1, -0.05) is 0 Å². The van der Waals surface area contributed by atoms with Gasteiger partial charge in [0.15, 0.2) is 0 Å². The van der Waals surface area contributed by atoms with Crippen molar-refractivity contribution in [1.29, 1.82) is 0 Å². The molecule has 0 aliphatic carbocycles. The molecule has 2 aliphatic rings. The Labute approximate surface area is 120 Å². The lowest BCUT2D eigenvalue weighted by atomic mass is 10.1. The molecule has 2 atom stereocenters. The molecule has 20 heavy (non-hydrogen) atoms. The van der Waals surface area contributed by atoms with Crippen LogP contribution in [0.1, 0.15) is 25.7 Å². The predicted octanol–water partition coefficient (Wildman–Crippen LogP) is 0.929. The third-order valence-corrected chi connectivity index (χ3v) is 4.22. The van der Waals surface area contributed by atoms with Crippen molar-refractivity contribution >= 4 is 12.0 Å². The third kappa shape index (κ3) is 3.62. The Hall–Kier alpha value is -1.30. The minimum absolute atomic E-state index is 0.0993. The van der Waals surface area contributed by atoms with Crippen molar-refractivity contribution in [3.63, 3.8) is 0 Å². The van der Waals surface area contributed by atoms with Gasteiger partial charge in [-0.3, -0.25) is 4.79 Å². The van der Waals surface area contributed by atoms with Gasteiger partial charge < -0.3 is 19.8 Å². The average molecular weight is 283 g/mol. The third-order valence-electron chi connectivity index (χ3n) is 4.22. The van der Waals surface area contributed by atoms with Gasteiger partial charge >= 0.3 is 12.0 Å². The van der Waals surface area contributed by atoms with E-state index in [1.807, 2.05) is 23.9 Å². The number of carbonyl (C=O) groups excluding carboxylic acids is 1. The van der Waals surface area contributed by atoms with Crippen LogP contribution < -0.4 is 0 Å². The molecule has 2 heterocycles. The molecule has 0 aromatic heterocycles. The van der Waals surface area contributed by atoms with Gasteiger partial charge in [0.05, 0.1) is 0 Å². The van der Waals surface area contributed by atoms with Crippen LogP contribution in [0.25, 0.3) is 0 Å². The maximum Gasteiger partial charge on any atom is 0.320 e. The predicted molar refractivity (Wildman–Crippen MR) is 75.6 cm³/mol. The molecule has 0 saturated carbocycles. The highest BCUT2D eigenvalue weighted by atomic mass is 16.4. The number of likely N-dealkylation sites (tertiary alicyclic amines) is 2. The molecule has 0 radical (unpaired) electrons. The fourth-order valence-corrected chi connectivity index (χ4v) is 3.30. The largest absolute Gasteiger partial charge is 0.481 e. The molecule has 0 aromatic rings. The van der Waals surface area contributed by atoms with Crippen molar-refractivity contribution in [2.75, 3.05) is 40.3 Å². The van der Waals surface area contributed by atoms with Crippen LogP contribution >= 0.6 is 0 Å². The lowest BCUT2D eigenvalue weighted by Crippen LogP contribution is -2.47. The first-order chi connectivity index (χ1) is 9.47. The van der Waals surface area contributed by atoms with E-state index in [9.17, 15) is 9.59 Å². The molecule has 1 N–H and O–H groups in total. The van der Waals surface area contributed by atoms with Crippen LogP contribution in [0, 0.1) is 5.92 Å². The Morgan fingerprint density at radius 2 is 2.00 bits per heavy atom. The zero-order valence-electron chi connectivity index (χ0n) is 12.4. The number of carboxylic acids is 1. The zero-order valence-corrected chi connectivity index (χ0v) is 12.4. The fourth-order valence-electron chi connectivity index (χ4n) is 3.30. The Bertz CT molecular complexity index is 373. The van der Waals surface area contributed by atoms with Crippen LogP contribution in [0.2, 0.25) is 0 Å². The molecule has 2 fully saturated rings. The van der Waals surface area contributed by atoms with Gasteiger partial charge in [-0.15, -0.1) is 0 Å². The number of urea groups is 1. The molecular weight excluding hydrogens is 258 g/mol. The summed E-state index contributed by atoms with van der Waals surface area (Å²) in [5.74, 6) is -0.651. The van der Waals surface area contributed by atoms with E-state index in [0.717, 1.165) is 32.4 Å². The number of amides is 2. The van der Waals surface area contributed by atoms with E-state index >= 15 is 0 Å². The Balaban J connectivity index is 1.89. The highest BCUT2D eigenvalue weighted by Crippen LogP contribution is 2.25. The molecule has 0 bridgehead atoms. The van der Waals surface area contributed by atoms with Gasteiger partial charge in [0, 0.05) is 38.6 Å². The van der Waals surface area contributed by atoms with Crippen molar-refractivity contribution in [2.24, 2.45) is 5.92 Å². The number of nitrogens with zero attached hydrogens (tertiary/aromatic N) is 3. The minimum Gasteiger partial charge on any atom is -0.481 e. The number of rotatable bonds is 4. The number of hydrogen-bond donors (Lipinski definition) is 1. The molecule has 2 amide bonds. The quantitative estimate of drug-likeness (QED) is 0.833. The Kier molecular flexibility index (Phi) is 4.86. The lowest BCUT2D eigenvalue weighted by molar-refractivity contribution is -0.138. The Morgan fingerprint density at radius 1 is 1.25 bits per heavy atom. The van der Waals surface area contributed by atoms with Gasteiger partial charge in [0.2, 0.25) is 0 Å². The summed E-state index contributed by atoms with van der Waals surface area (Å²) in [7, 11) is 4.06. The van der Waals surface area contributed by atoms with E-state index in [2.05, 4.69) is 4.90 Å². The van der Waals surface area contributed by atoms with Crippen molar-refractivity contribution in [3.05, 3.63) is 0 Å². The second-order valence-electron chi connectivity index (χ2n) is 6.23. The second kappa shape index (κ2) is 6.43. The van der Waals surface area contributed by atoms with E-state index in [0.29, 0.717) is 19.1 Å². The number of carbonyl (C=O) groups is 2. The summed E-state index contributed by atoms with van der Waals surface area (Å²) in [6.45, 7) is 3.02. The summed E-state index contributed by atoms with van der Waals surface area (Å²) < 4.78 is 0. The first-order valence-electron chi connectivity index (χ1n) is 7.39. The molecule has 2 rings (SSSR count). The maximum absolute atomic E-state index is 12.6. The number of likely N-dealkylation sites (N-methyl/N-ethyl adjacent to an activating group) is 1. The molecule has 114 valence electrons. The van der Waals surface area contributed by atoms with Crippen molar-refractivity contribution in [2.45, 2.75) is 31.7 Å². The normalized spacial score (nSPS) is 26.6. The van der Waals surface area contributed by atoms with Crippen molar-refractivity contribution in [3.8, 4) is 0 Å². The standard InChI is InChI=1S/C14H25N3O3/c1-15(2)10-12-4-3-6-17(12)14(20)16-7-5-11(9-16)8-13(18)19/h11-12H,3-10H2,1-2H3,(H,18,19). The first-order valence-corrected chi connectivity index (χ1v) is 7.39. The van der Waals surface area contributed by atoms with Gasteiger partial charge in [-0.05, 0) is 39.3 Å². The average Bonchev–Trinajstić information content (AvgIpc) is 2.96. The van der Waals surface area contributed by atoms with Crippen LogP contribution in [-0.4, -0.2) is 78.1 Å². The summed E-state index contributed by atoms with van der Waals surface area (Å²) in [6, 6.07) is 0.401. The summed E-state index contributed by atoms with van der Waals surface area (Å²) in [6.07, 6.45) is 3.11. The molecule has 6 heteroatoms. The van der Waals surface area contributed by atoms with Gasteiger partial charge in [-0.2, -0.15) is 0 Å². The topological polar surface area (TPSA) is 64.1 Å². The van der Waals surface area contributed by atoms with Crippen LogP contribution in [-0.2, 0) is 4.79 Å². The molecule has 2 aliphatic heterocycles. The highest BCUT2D eigenvalue weighted by molar-refractivity contribution is 5.75. The molecule has 6 nitrogen and oxygen atoms in total. The number of carboxylic acid groups (broad SMARTS) is 1. The van der Waals surface area contributed by atoms with E-state index in [1.165, 1.54) is 0 Å². The number of aliphatic carboxylic acids is 1. The van der Waals surface area contributed by atoms with Gasteiger partial charge in [0.1, 0.15) is 0 Å². The molecule has 0 aromatic carbocycles. The molecule has 0 spiro atoms. The summed E-state index contributed by atoms with van der Waals surface area (Å²) in [5.41, 5.74) is 0. The second-order valence-corrected chi connectivity index (χ2v) is 6.23. The van der Waals surface area contributed by atoms with E-state index in [1.54, 1.807) is 0 Å².